The fourth-order valence-electron chi connectivity index (χ4n) is 4.85. The van der Waals surface area contributed by atoms with Crippen LogP contribution in [0.4, 0.5) is 16.2 Å². The number of ether oxygens (including phenoxy) is 1. The summed E-state index contributed by atoms with van der Waals surface area (Å²) < 4.78 is 34.5. The predicted octanol–water partition coefficient (Wildman–Crippen LogP) is 4.99. The number of nitrogens with zero attached hydrogens (tertiary/aromatic N) is 2. The maximum absolute atomic E-state index is 14.4. The monoisotopic (exact) mass is 618 g/mol. The number of sulfonamides is 1. The van der Waals surface area contributed by atoms with Crippen LogP contribution in [0.3, 0.4) is 0 Å². The van der Waals surface area contributed by atoms with Crippen LogP contribution in [0.2, 0.25) is 10.0 Å². The molecule has 2 N–H and O–H groups in total. The highest BCUT2D eigenvalue weighted by Crippen LogP contribution is 2.49. The number of hydrogen-bond donors (Lipinski definition) is 2. The molecule has 1 heterocycles. The van der Waals surface area contributed by atoms with Gasteiger partial charge in [-0.25, -0.2) is 13.2 Å². The summed E-state index contributed by atoms with van der Waals surface area (Å²) >= 11 is 12.8. The smallest absolute Gasteiger partial charge is 0.321 e. The fraction of sp³-hybridized carbons (Fsp3) is 0.250. The van der Waals surface area contributed by atoms with Crippen molar-refractivity contribution in [1.29, 1.82) is 0 Å². The second-order valence-corrected chi connectivity index (χ2v) is 11.7. The Kier molecular flexibility index (Phi) is 8.53. The minimum absolute atomic E-state index is 0.0194. The third kappa shape index (κ3) is 5.20. The lowest BCUT2D eigenvalue weighted by molar-refractivity contribution is -0.128. The lowest BCUT2D eigenvalue weighted by atomic mass is 9.83. The van der Waals surface area contributed by atoms with Crippen LogP contribution in [0.5, 0.6) is 5.75 Å². The van der Waals surface area contributed by atoms with E-state index in [0.717, 1.165) is 0 Å². The zero-order valence-corrected chi connectivity index (χ0v) is 25.0. The molecule has 0 bridgehead atoms. The van der Waals surface area contributed by atoms with Crippen LogP contribution in [0.15, 0.2) is 65.6 Å². The summed E-state index contributed by atoms with van der Waals surface area (Å²) in [5, 5.41) is 5.72. The van der Waals surface area contributed by atoms with Crippen molar-refractivity contribution in [2.24, 2.45) is 0 Å². The van der Waals surface area contributed by atoms with Crippen LogP contribution in [0.25, 0.3) is 0 Å². The topological polar surface area (TPSA) is 125 Å². The highest BCUT2D eigenvalue weighted by molar-refractivity contribution is 7.93. The molecule has 3 aromatic rings. The van der Waals surface area contributed by atoms with Crippen LogP contribution < -0.4 is 19.7 Å². The number of amides is 4. The molecule has 41 heavy (non-hydrogen) atoms. The first-order valence-corrected chi connectivity index (χ1v) is 14.8. The molecule has 0 saturated heterocycles. The molecule has 0 radical (unpaired) electrons. The molecular formula is C28H28Cl2N4O6S. The number of anilines is 2. The van der Waals surface area contributed by atoms with Gasteiger partial charge in [0, 0.05) is 52.9 Å². The number of hydrogen-bond acceptors (Lipinski definition) is 6. The van der Waals surface area contributed by atoms with Gasteiger partial charge in [-0.3, -0.25) is 9.59 Å². The van der Waals surface area contributed by atoms with E-state index in [9.17, 15) is 22.8 Å². The van der Waals surface area contributed by atoms with Gasteiger partial charge in [0.05, 0.1) is 12.8 Å². The summed E-state index contributed by atoms with van der Waals surface area (Å²) in [7, 11) is -3.38. The molecule has 1 unspecified atom stereocenters. The average molecular weight is 620 g/mol. The minimum Gasteiger partial charge on any atom is -0.495 e. The van der Waals surface area contributed by atoms with Crippen molar-refractivity contribution in [1.82, 2.24) is 10.2 Å². The third-order valence-electron chi connectivity index (χ3n) is 6.71. The second kappa shape index (κ2) is 11.6. The van der Waals surface area contributed by atoms with Crippen molar-refractivity contribution >= 4 is 62.4 Å². The van der Waals surface area contributed by atoms with E-state index in [0.29, 0.717) is 23.1 Å². The lowest BCUT2D eigenvalue weighted by Gasteiger charge is -2.30. The summed E-state index contributed by atoms with van der Waals surface area (Å²) in [6.07, 6.45) is 0. The summed E-state index contributed by atoms with van der Waals surface area (Å²) in [5.41, 5.74) is -1.42. The Balaban J connectivity index is 1.90. The number of carbonyl (C=O) groups is 3. The SMILES string of the molecule is CCN(CC)C(=O)Nc1ccc(S(=O)(=O)N2C(=O)C(NC(C)=O)(c3ccccc3Cl)c3cc(Cl)ccc32)c(OC)c1. The molecule has 1 atom stereocenters. The first-order valence-electron chi connectivity index (χ1n) is 12.6. The van der Waals surface area contributed by atoms with Crippen LogP contribution in [0.1, 0.15) is 31.9 Å². The number of methoxy groups -OCH3 is 1. The van der Waals surface area contributed by atoms with Crippen LogP contribution in [0, 0.1) is 0 Å². The minimum atomic E-state index is -4.66. The number of halogens is 2. The molecule has 0 spiro atoms. The summed E-state index contributed by atoms with van der Waals surface area (Å²) in [5.74, 6) is -1.70. The van der Waals surface area contributed by atoms with Gasteiger partial charge in [0.1, 0.15) is 10.6 Å². The normalized spacial score (nSPS) is 16.2. The van der Waals surface area contributed by atoms with Gasteiger partial charge in [-0.2, -0.15) is 4.31 Å². The number of fused-ring (bicyclic) bond motifs is 1. The molecule has 0 fully saturated rings. The summed E-state index contributed by atoms with van der Waals surface area (Å²) in [6, 6.07) is 14.2. The molecule has 0 aliphatic carbocycles. The van der Waals surface area contributed by atoms with Gasteiger partial charge in [-0.05, 0) is 50.2 Å². The van der Waals surface area contributed by atoms with E-state index in [-0.39, 0.29) is 43.5 Å². The largest absolute Gasteiger partial charge is 0.495 e. The number of nitrogens with one attached hydrogen (secondary N) is 2. The van der Waals surface area contributed by atoms with E-state index in [1.807, 2.05) is 13.8 Å². The molecule has 13 heteroatoms. The van der Waals surface area contributed by atoms with Crippen LogP contribution in [-0.2, 0) is 25.2 Å². The van der Waals surface area contributed by atoms with E-state index in [1.54, 1.807) is 17.0 Å². The standard InChI is InChI=1S/C28H28Cl2N4O6S/c1-5-33(6-2)27(37)31-19-12-14-25(24(16-19)40-4)41(38,39)34-23-13-11-18(29)15-21(23)28(26(34)36,32-17(3)35)20-9-7-8-10-22(20)30/h7-16H,5-6H2,1-4H3,(H,31,37)(H,32,35). The second-order valence-electron chi connectivity index (χ2n) is 9.12. The van der Waals surface area contributed by atoms with E-state index in [1.165, 1.54) is 62.6 Å². The first kappa shape index (κ1) is 30.2. The lowest BCUT2D eigenvalue weighted by Crippen LogP contribution is -2.54. The molecule has 10 nitrogen and oxygen atoms in total. The van der Waals surface area contributed by atoms with Gasteiger partial charge < -0.3 is 20.3 Å². The highest BCUT2D eigenvalue weighted by Gasteiger charge is 2.58. The van der Waals surface area contributed by atoms with Gasteiger partial charge in [0.15, 0.2) is 5.54 Å². The highest BCUT2D eigenvalue weighted by atomic mass is 35.5. The van der Waals surface area contributed by atoms with Crippen LogP contribution in [-0.4, -0.2) is 51.4 Å². The molecule has 1 aliphatic rings. The number of benzene rings is 3. The predicted molar refractivity (Wildman–Crippen MR) is 157 cm³/mol. The summed E-state index contributed by atoms with van der Waals surface area (Å²) in [6.45, 7) is 5.84. The Morgan fingerprint density at radius 3 is 2.29 bits per heavy atom. The molecule has 3 aromatic carbocycles. The van der Waals surface area contributed by atoms with Crippen molar-refractivity contribution in [3.05, 3.63) is 81.8 Å². The van der Waals surface area contributed by atoms with E-state index < -0.39 is 27.4 Å². The molecule has 4 amide bonds. The quantitative estimate of drug-likeness (QED) is 0.366. The van der Waals surface area contributed by atoms with Gasteiger partial charge in [0.2, 0.25) is 5.91 Å². The zero-order chi connectivity index (χ0) is 30.1. The van der Waals surface area contributed by atoms with E-state index in [4.69, 9.17) is 27.9 Å². The van der Waals surface area contributed by atoms with Crippen molar-refractivity contribution in [3.63, 3.8) is 0 Å². The van der Waals surface area contributed by atoms with Gasteiger partial charge in [-0.15, -0.1) is 0 Å². The fourth-order valence-corrected chi connectivity index (χ4v) is 6.91. The van der Waals surface area contributed by atoms with Crippen molar-refractivity contribution in [3.8, 4) is 5.75 Å². The van der Waals surface area contributed by atoms with Gasteiger partial charge >= 0.3 is 6.03 Å². The Hall–Kier alpha value is -3.80. The molecular weight excluding hydrogens is 591 g/mol. The molecule has 216 valence electrons. The maximum atomic E-state index is 14.4. The van der Waals surface area contributed by atoms with Crippen LogP contribution >= 0.6 is 23.2 Å². The molecule has 4 rings (SSSR count). The Morgan fingerprint density at radius 1 is 1.00 bits per heavy atom. The molecule has 0 saturated carbocycles. The maximum Gasteiger partial charge on any atom is 0.321 e. The number of rotatable bonds is 8. The van der Waals surface area contributed by atoms with E-state index in [2.05, 4.69) is 10.6 Å². The first-order chi connectivity index (χ1) is 19.4. The van der Waals surface area contributed by atoms with Gasteiger partial charge in [0.25, 0.3) is 15.9 Å². The van der Waals surface area contributed by atoms with Gasteiger partial charge in [-0.1, -0.05) is 41.4 Å². The Labute approximate surface area is 248 Å². The Bertz CT molecular complexity index is 1640. The van der Waals surface area contributed by atoms with Crippen molar-refractivity contribution in [2.75, 3.05) is 29.8 Å². The molecule has 1 aliphatic heterocycles. The third-order valence-corrected chi connectivity index (χ3v) is 9.01. The molecule has 0 aromatic heterocycles. The summed E-state index contributed by atoms with van der Waals surface area (Å²) in [4.78, 5) is 40.6. The number of urea groups is 1. The van der Waals surface area contributed by atoms with Crippen molar-refractivity contribution < 1.29 is 27.5 Å². The average Bonchev–Trinajstić information content (AvgIpc) is 3.17. The zero-order valence-electron chi connectivity index (χ0n) is 22.7. The van der Waals surface area contributed by atoms with E-state index >= 15 is 0 Å². The Morgan fingerprint density at radius 2 is 1.68 bits per heavy atom. The number of carbonyl (C=O) groups excluding carboxylic acids is 3. The van der Waals surface area contributed by atoms with Crippen molar-refractivity contribution in [2.45, 2.75) is 31.2 Å².